The standard InChI is InChI=1S/C12H15N5O/c1-9-6-12(14-8-13-9)17-4-5-18-11(7-17)10-2-3-15-16-10/h2-3,6,8,11H,4-5,7H2,1H3,(H,15,16)/t11-/m0/s1. The molecule has 0 aliphatic carbocycles. The van der Waals surface area contributed by atoms with E-state index in [0.29, 0.717) is 6.61 Å². The van der Waals surface area contributed by atoms with Crippen molar-refractivity contribution >= 4 is 5.82 Å². The molecule has 1 atom stereocenters. The monoisotopic (exact) mass is 245 g/mol. The molecule has 0 bridgehead atoms. The van der Waals surface area contributed by atoms with Crippen molar-refractivity contribution in [3.05, 3.63) is 36.0 Å². The van der Waals surface area contributed by atoms with Crippen LogP contribution in [0.2, 0.25) is 0 Å². The zero-order valence-electron chi connectivity index (χ0n) is 10.2. The van der Waals surface area contributed by atoms with Gasteiger partial charge in [0.2, 0.25) is 0 Å². The topological polar surface area (TPSA) is 66.9 Å². The summed E-state index contributed by atoms with van der Waals surface area (Å²) in [5, 5.41) is 6.92. The van der Waals surface area contributed by atoms with Crippen molar-refractivity contribution in [3.63, 3.8) is 0 Å². The lowest BCUT2D eigenvalue weighted by Crippen LogP contribution is -2.39. The number of anilines is 1. The maximum Gasteiger partial charge on any atom is 0.132 e. The Morgan fingerprint density at radius 3 is 3.17 bits per heavy atom. The van der Waals surface area contributed by atoms with E-state index in [1.54, 1.807) is 12.5 Å². The fraction of sp³-hybridized carbons (Fsp3) is 0.417. The number of hydrogen-bond acceptors (Lipinski definition) is 5. The Hall–Kier alpha value is -1.95. The summed E-state index contributed by atoms with van der Waals surface area (Å²) in [6.45, 7) is 4.28. The van der Waals surface area contributed by atoms with E-state index in [0.717, 1.165) is 30.3 Å². The van der Waals surface area contributed by atoms with E-state index < -0.39 is 0 Å². The molecule has 2 aromatic heterocycles. The largest absolute Gasteiger partial charge is 0.368 e. The molecule has 0 saturated carbocycles. The van der Waals surface area contributed by atoms with Gasteiger partial charge in [-0.15, -0.1) is 0 Å². The lowest BCUT2D eigenvalue weighted by Gasteiger charge is -2.33. The van der Waals surface area contributed by atoms with Crippen molar-refractivity contribution in [3.8, 4) is 0 Å². The number of rotatable bonds is 2. The molecule has 6 heteroatoms. The van der Waals surface area contributed by atoms with Crippen LogP contribution in [0.15, 0.2) is 24.7 Å². The minimum atomic E-state index is 0.0246. The number of aromatic nitrogens is 4. The van der Waals surface area contributed by atoms with Crippen LogP contribution in [0.3, 0.4) is 0 Å². The summed E-state index contributed by atoms with van der Waals surface area (Å²) in [6, 6.07) is 3.94. The maximum atomic E-state index is 5.75. The van der Waals surface area contributed by atoms with Gasteiger partial charge < -0.3 is 9.64 Å². The van der Waals surface area contributed by atoms with Crippen LogP contribution in [0.1, 0.15) is 17.5 Å². The number of aromatic amines is 1. The number of nitrogens with zero attached hydrogens (tertiary/aromatic N) is 4. The predicted molar refractivity (Wildman–Crippen MR) is 66.3 cm³/mol. The molecule has 2 aromatic rings. The maximum absolute atomic E-state index is 5.75. The number of hydrogen-bond donors (Lipinski definition) is 1. The molecule has 1 aliphatic rings. The molecule has 6 nitrogen and oxygen atoms in total. The number of ether oxygens (including phenoxy) is 1. The van der Waals surface area contributed by atoms with Gasteiger partial charge in [-0.05, 0) is 13.0 Å². The van der Waals surface area contributed by atoms with E-state index >= 15 is 0 Å². The molecule has 0 aromatic carbocycles. The molecule has 0 unspecified atom stereocenters. The van der Waals surface area contributed by atoms with Gasteiger partial charge in [-0.2, -0.15) is 5.10 Å². The van der Waals surface area contributed by atoms with Gasteiger partial charge in [-0.3, -0.25) is 5.10 Å². The van der Waals surface area contributed by atoms with E-state index in [4.69, 9.17) is 4.74 Å². The fourth-order valence-electron chi connectivity index (χ4n) is 2.10. The lowest BCUT2D eigenvalue weighted by atomic mass is 10.2. The molecular formula is C12H15N5O. The van der Waals surface area contributed by atoms with E-state index in [2.05, 4.69) is 25.1 Å². The second-order valence-corrected chi connectivity index (χ2v) is 4.34. The molecular weight excluding hydrogens is 230 g/mol. The normalized spacial score (nSPS) is 20.1. The van der Waals surface area contributed by atoms with Gasteiger partial charge in [0.25, 0.3) is 0 Å². The van der Waals surface area contributed by atoms with Crippen LogP contribution in [0.5, 0.6) is 0 Å². The average Bonchev–Trinajstić information content (AvgIpc) is 2.93. The molecule has 1 fully saturated rings. The van der Waals surface area contributed by atoms with Gasteiger partial charge in [0.15, 0.2) is 0 Å². The molecule has 3 heterocycles. The van der Waals surface area contributed by atoms with Crippen LogP contribution in [0.25, 0.3) is 0 Å². The van der Waals surface area contributed by atoms with Gasteiger partial charge in [-0.25, -0.2) is 9.97 Å². The molecule has 1 saturated heterocycles. The Morgan fingerprint density at radius 1 is 1.44 bits per heavy atom. The van der Waals surface area contributed by atoms with Gasteiger partial charge in [0.05, 0.1) is 18.8 Å². The highest BCUT2D eigenvalue weighted by molar-refractivity contribution is 5.39. The van der Waals surface area contributed by atoms with Crippen molar-refractivity contribution < 1.29 is 4.74 Å². The van der Waals surface area contributed by atoms with E-state index in [-0.39, 0.29) is 6.10 Å². The SMILES string of the molecule is Cc1cc(N2CCO[C@H](c3ccn[nH]3)C2)ncn1. The molecule has 3 rings (SSSR count). The van der Waals surface area contributed by atoms with Crippen LogP contribution in [-0.4, -0.2) is 39.9 Å². The van der Waals surface area contributed by atoms with Crippen LogP contribution >= 0.6 is 0 Å². The predicted octanol–water partition coefficient (Wildman–Crippen LogP) is 1.09. The lowest BCUT2D eigenvalue weighted by molar-refractivity contribution is 0.0367. The number of morpholine rings is 1. The quantitative estimate of drug-likeness (QED) is 0.857. The fourth-order valence-corrected chi connectivity index (χ4v) is 2.10. The van der Waals surface area contributed by atoms with E-state index in [1.165, 1.54) is 0 Å². The smallest absolute Gasteiger partial charge is 0.132 e. The van der Waals surface area contributed by atoms with Crippen LogP contribution in [-0.2, 0) is 4.74 Å². The second-order valence-electron chi connectivity index (χ2n) is 4.34. The van der Waals surface area contributed by atoms with Crippen LogP contribution in [0.4, 0.5) is 5.82 Å². The summed E-state index contributed by atoms with van der Waals surface area (Å²) in [5.74, 6) is 0.954. The first-order valence-corrected chi connectivity index (χ1v) is 5.97. The van der Waals surface area contributed by atoms with Crippen molar-refractivity contribution in [1.82, 2.24) is 20.2 Å². The Morgan fingerprint density at radius 2 is 2.39 bits per heavy atom. The summed E-state index contributed by atoms with van der Waals surface area (Å²) in [7, 11) is 0. The Bertz CT molecular complexity index is 513. The highest BCUT2D eigenvalue weighted by Crippen LogP contribution is 2.23. The summed E-state index contributed by atoms with van der Waals surface area (Å²) < 4.78 is 5.75. The molecule has 94 valence electrons. The third kappa shape index (κ3) is 2.19. The first-order chi connectivity index (χ1) is 8.83. The Kier molecular flexibility index (Phi) is 2.93. The first-order valence-electron chi connectivity index (χ1n) is 5.97. The number of aryl methyl sites for hydroxylation is 1. The van der Waals surface area contributed by atoms with Gasteiger partial charge >= 0.3 is 0 Å². The Balaban J connectivity index is 1.78. The average molecular weight is 245 g/mol. The zero-order chi connectivity index (χ0) is 12.4. The summed E-state index contributed by atoms with van der Waals surface area (Å²) in [5.41, 5.74) is 1.98. The van der Waals surface area contributed by atoms with Crippen molar-refractivity contribution in [2.75, 3.05) is 24.6 Å². The van der Waals surface area contributed by atoms with Gasteiger partial charge in [0, 0.05) is 24.5 Å². The van der Waals surface area contributed by atoms with Crippen LogP contribution < -0.4 is 4.90 Å². The van der Waals surface area contributed by atoms with Crippen molar-refractivity contribution in [2.45, 2.75) is 13.0 Å². The second kappa shape index (κ2) is 4.73. The number of nitrogens with one attached hydrogen (secondary N) is 1. The van der Waals surface area contributed by atoms with Gasteiger partial charge in [0.1, 0.15) is 18.2 Å². The highest BCUT2D eigenvalue weighted by atomic mass is 16.5. The molecule has 0 radical (unpaired) electrons. The minimum Gasteiger partial charge on any atom is -0.368 e. The van der Waals surface area contributed by atoms with E-state index in [9.17, 15) is 0 Å². The molecule has 0 amide bonds. The van der Waals surface area contributed by atoms with Crippen LogP contribution in [0, 0.1) is 6.92 Å². The Labute approximate surface area is 105 Å². The molecule has 1 aliphatic heterocycles. The minimum absolute atomic E-state index is 0.0246. The first kappa shape index (κ1) is 11.2. The zero-order valence-corrected chi connectivity index (χ0v) is 10.2. The summed E-state index contributed by atoms with van der Waals surface area (Å²) in [4.78, 5) is 10.6. The van der Waals surface area contributed by atoms with Gasteiger partial charge in [-0.1, -0.05) is 0 Å². The number of H-pyrrole nitrogens is 1. The summed E-state index contributed by atoms with van der Waals surface area (Å²) in [6.07, 6.45) is 3.37. The molecule has 0 spiro atoms. The molecule has 1 N–H and O–H groups in total. The van der Waals surface area contributed by atoms with Crippen molar-refractivity contribution in [1.29, 1.82) is 0 Å². The highest BCUT2D eigenvalue weighted by Gasteiger charge is 2.23. The third-order valence-corrected chi connectivity index (χ3v) is 3.05. The van der Waals surface area contributed by atoms with E-state index in [1.807, 2.05) is 19.1 Å². The molecule has 18 heavy (non-hydrogen) atoms. The van der Waals surface area contributed by atoms with Crippen molar-refractivity contribution in [2.24, 2.45) is 0 Å². The third-order valence-electron chi connectivity index (χ3n) is 3.05. The summed E-state index contributed by atoms with van der Waals surface area (Å²) >= 11 is 0.